The lowest BCUT2D eigenvalue weighted by atomic mass is 10.1. The van der Waals surface area contributed by atoms with E-state index in [0.717, 1.165) is 0 Å². The molecule has 0 saturated carbocycles. The summed E-state index contributed by atoms with van der Waals surface area (Å²) in [6.45, 7) is 2.09. The molecule has 2 amide bonds. The highest BCUT2D eigenvalue weighted by molar-refractivity contribution is 6.03. The molecule has 1 aliphatic heterocycles. The number of anilines is 2. The fourth-order valence-corrected chi connectivity index (χ4v) is 3.07. The Morgan fingerprint density at radius 2 is 1.86 bits per heavy atom. The summed E-state index contributed by atoms with van der Waals surface area (Å²) in [6, 6.07) is 13.9. The lowest BCUT2D eigenvalue weighted by Gasteiger charge is -2.33. The first-order valence-electron chi connectivity index (χ1n) is 9.09. The number of rotatable bonds is 6. The maximum absolute atomic E-state index is 12.7. The van der Waals surface area contributed by atoms with Crippen LogP contribution in [0.2, 0.25) is 0 Å². The highest BCUT2D eigenvalue weighted by Crippen LogP contribution is 2.34. The van der Waals surface area contributed by atoms with Crippen LogP contribution < -0.4 is 15.0 Å². The molecule has 2 aromatic rings. The van der Waals surface area contributed by atoms with Gasteiger partial charge in [-0.05, 0) is 30.7 Å². The van der Waals surface area contributed by atoms with Gasteiger partial charge in [-0.2, -0.15) is 0 Å². The van der Waals surface area contributed by atoms with E-state index < -0.39 is 12.1 Å². The number of carbonyl (C=O) groups is 3. The summed E-state index contributed by atoms with van der Waals surface area (Å²) in [5.74, 6) is -0.366. The Labute approximate surface area is 163 Å². The number of methoxy groups -OCH3 is 1. The molecule has 2 aromatic carbocycles. The number of amides is 2. The molecular weight excluding hydrogens is 360 g/mol. The van der Waals surface area contributed by atoms with E-state index >= 15 is 0 Å². The lowest BCUT2D eigenvalue weighted by molar-refractivity contribution is -0.126. The zero-order valence-electron chi connectivity index (χ0n) is 15.8. The number of benzene rings is 2. The summed E-state index contributed by atoms with van der Waals surface area (Å²) in [4.78, 5) is 38.5. The van der Waals surface area contributed by atoms with Crippen molar-refractivity contribution in [3.63, 3.8) is 0 Å². The van der Waals surface area contributed by atoms with Crippen molar-refractivity contribution in [3.05, 3.63) is 54.1 Å². The second-order valence-corrected chi connectivity index (χ2v) is 6.31. The molecule has 0 fully saturated rings. The molecule has 1 unspecified atom stereocenters. The van der Waals surface area contributed by atoms with Gasteiger partial charge in [0.2, 0.25) is 5.91 Å². The molecule has 1 atom stereocenters. The van der Waals surface area contributed by atoms with Gasteiger partial charge in [0.15, 0.2) is 6.10 Å². The normalized spacial score (nSPS) is 15.4. The van der Waals surface area contributed by atoms with Crippen LogP contribution in [0.5, 0.6) is 5.75 Å². The minimum atomic E-state index is -0.557. The molecular formula is C21H22N2O5. The number of carbonyl (C=O) groups excluding carboxylic acids is 3. The summed E-state index contributed by atoms with van der Waals surface area (Å²) >= 11 is 0. The Kier molecular flexibility index (Phi) is 5.93. The van der Waals surface area contributed by atoms with Crippen LogP contribution >= 0.6 is 0 Å². The van der Waals surface area contributed by atoms with Crippen molar-refractivity contribution in [2.75, 3.05) is 23.9 Å². The van der Waals surface area contributed by atoms with Gasteiger partial charge in [0.05, 0.1) is 24.0 Å². The van der Waals surface area contributed by atoms with E-state index in [4.69, 9.17) is 9.47 Å². The molecule has 7 nitrogen and oxygen atoms in total. The zero-order valence-corrected chi connectivity index (χ0v) is 15.8. The number of hydrogen-bond acceptors (Lipinski definition) is 5. The molecule has 0 spiro atoms. The molecule has 7 heteroatoms. The van der Waals surface area contributed by atoms with E-state index in [1.165, 1.54) is 7.11 Å². The number of fused-ring (bicyclic) bond motifs is 1. The smallest absolute Gasteiger partial charge is 0.339 e. The van der Waals surface area contributed by atoms with Gasteiger partial charge < -0.3 is 19.7 Å². The molecule has 1 aliphatic rings. The standard InChI is InChI=1S/C21H22N2O5/c1-3-17-20(25)23(16-10-6-7-11-18(16)28-17)13-12-19(24)22-15-9-5-4-8-14(15)21(26)27-2/h4-11,17H,3,12-13H2,1-2H3,(H,22,24). The van der Waals surface area contributed by atoms with Crippen molar-refractivity contribution in [2.45, 2.75) is 25.9 Å². The molecule has 0 bridgehead atoms. The number of ether oxygens (including phenoxy) is 2. The fourth-order valence-electron chi connectivity index (χ4n) is 3.07. The molecule has 0 aliphatic carbocycles. The lowest BCUT2D eigenvalue weighted by Crippen LogP contribution is -2.46. The van der Waals surface area contributed by atoms with Crippen molar-refractivity contribution < 1.29 is 23.9 Å². The van der Waals surface area contributed by atoms with E-state index in [-0.39, 0.29) is 30.3 Å². The summed E-state index contributed by atoms with van der Waals surface area (Å²) in [5.41, 5.74) is 1.30. The van der Waals surface area contributed by atoms with Gasteiger partial charge in [0, 0.05) is 13.0 Å². The summed E-state index contributed by atoms with van der Waals surface area (Å²) in [6.07, 6.45) is 0.0620. The van der Waals surface area contributed by atoms with Crippen molar-refractivity contribution in [3.8, 4) is 5.75 Å². The van der Waals surface area contributed by atoms with E-state index in [0.29, 0.717) is 23.5 Å². The molecule has 0 aromatic heterocycles. The third-order valence-corrected chi connectivity index (χ3v) is 4.51. The highest BCUT2D eigenvalue weighted by Gasteiger charge is 2.33. The van der Waals surface area contributed by atoms with Crippen molar-refractivity contribution in [2.24, 2.45) is 0 Å². The van der Waals surface area contributed by atoms with E-state index in [2.05, 4.69) is 5.32 Å². The van der Waals surface area contributed by atoms with Crippen molar-refractivity contribution in [1.29, 1.82) is 0 Å². The Morgan fingerprint density at radius 3 is 2.61 bits per heavy atom. The van der Waals surface area contributed by atoms with E-state index in [1.54, 1.807) is 35.2 Å². The van der Waals surface area contributed by atoms with Crippen LogP contribution in [0.3, 0.4) is 0 Å². The third-order valence-electron chi connectivity index (χ3n) is 4.51. The minimum absolute atomic E-state index is 0.0754. The Balaban J connectivity index is 1.71. The van der Waals surface area contributed by atoms with Gasteiger partial charge in [0.25, 0.3) is 5.91 Å². The van der Waals surface area contributed by atoms with Crippen LogP contribution in [0, 0.1) is 0 Å². The van der Waals surface area contributed by atoms with Crippen LogP contribution in [-0.4, -0.2) is 37.5 Å². The third kappa shape index (κ3) is 3.98. The molecule has 146 valence electrons. The van der Waals surface area contributed by atoms with Gasteiger partial charge in [-0.15, -0.1) is 0 Å². The van der Waals surface area contributed by atoms with E-state index in [9.17, 15) is 14.4 Å². The number of esters is 1. The maximum atomic E-state index is 12.7. The van der Waals surface area contributed by atoms with Gasteiger partial charge in [-0.1, -0.05) is 31.2 Å². The van der Waals surface area contributed by atoms with Crippen molar-refractivity contribution >= 4 is 29.2 Å². The topological polar surface area (TPSA) is 84.9 Å². The summed E-state index contributed by atoms with van der Waals surface area (Å²) in [7, 11) is 1.28. The monoisotopic (exact) mass is 382 g/mol. The molecule has 0 radical (unpaired) electrons. The van der Waals surface area contributed by atoms with E-state index in [1.807, 2.05) is 25.1 Å². The SMILES string of the molecule is CCC1Oc2ccccc2N(CCC(=O)Nc2ccccc2C(=O)OC)C1=O. The molecule has 3 rings (SSSR count). The zero-order chi connectivity index (χ0) is 20.1. The van der Waals surface area contributed by atoms with Crippen LogP contribution in [0.15, 0.2) is 48.5 Å². The largest absolute Gasteiger partial charge is 0.478 e. The quantitative estimate of drug-likeness (QED) is 0.777. The van der Waals surface area contributed by atoms with Crippen LogP contribution in [0.1, 0.15) is 30.1 Å². The van der Waals surface area contributed by atoms with Gasteiger partial charge >= 0.3 is 5.97 Å². The second kappa shape index (κ2) is 8.56. The predicted molar refractivity (Wildman–Crippen MR) is 105 cm³/mol. The van der Waals surface area contributed by atoms with Crippen LogP contribution in [0.4, 0.5) is 11.4 Å². The molecule has 28 heavy (non-hydrogen) atoms. The summed E-state index contributed by atoms with van der Waals surface area (Å²) in [5, 5.41) is 2.72. The molecule has 1 N–H and O–H groups in total. The Hall–Kier alpha value is -3.35. The Morgan fingerprint density at radius 1 is 1.14 bits per heavy atom. The highest BCUT2D eigenvalue weighted by atomic mass is 16.5. The predicted octanol–water partition coefficient (Wildman–Crippen LogP) is 3.01. The van der Waals surface area contributed by atoms with Gasteiger partial charge in [0.1, 0.15) is 5.75 Å². The summed E-state index contributed by atoms with van der Waals surface area (Å²) < 4.78 is 10.5. The number of nitrogens with zero attached hydrogens (tertiary/aromatic N) is 1. The fraction of sp³-hybridized carbons (Fsp3) is 0.286. The second-order valence-electron chi connectivity index (χ2n) is 6.31. The van der Waals surface area contributed by atoms with Crippen LogP contribution in [0.25, 0.3) is 0 Å². The first kappa shape index (κ1) is 19.4. The minimum Gasteiger partial charge on any atom is -0.478 e. The first-order valence-corrected chi connectivity index (χ1v) is 9.09. The average molecular weight is 382 g/mol. The Bertz CT molecular complexity index is 896. The van der Waals surface area contributed by atoms with Crippen molar-refractivity contribution in [1.82, 2.24) is 0 Å². The first-order chi connectivity index (χ1) is 13.5. The number of para-hydroxylation sites is 3. The number of hydrogen-bond donors (Lipinski definition) is 1. The van der Waals surface area contributed by atoms with Crippen LogP contribution in [-0.2, 0) is 14.3 Å². The number of nitrogens with one attached hydrogen (secondary N) is 1. The van der Waals surface area contributed by atoms with Gasteiger partial charge in [-0.3, -0.25) is 9.59 Å². The van der Waals surface area contributed by atoms with Gasteiger partial charge in [-0.25, -0.2) is 4.79 Å². The molecule has 1 heterocycles. The average Bonchev–Trinajstić information content (AvgIpc) is 2.72. The molecule has 0 saturated heterocycles. The maximum Gasteiger partial charge on any atom is 0.339 e.